The van der Waals surface area contributed by atoms with Crippen LogP contribution in [0.2, 0.25) is 0 Å². The third-order valence-corrected chi connectivity index (χ3v) is 6.45. The summed E-state index contributed by atoms with van der Waals surface area (Å²) >= 11 is 0. The van der Waals surface area contributed by atoms with Crippen molar-refractivity contribution in [2.24, 2.45) is 0 Å². The molecule has 1 atom stereocenters. The van der Waals surface area contributed by atoms with Crippen molar-refractivity contribution in [2.75, 3.05) is 31.3 Å². The van der Waals surface area contributed by atoms with Gasteiger partial charge >= 0.3 is 0 Å². The van der Waals surface area contributed by atoms with E-state index in [0.29, 0.717) is 32.8 Å². The standard InChI is InChI=1S/C25H22N2O4/c1-16-25(15-31-21-12-23-22(11-19(21)25)29-9-10-30-23)18-6-2-3-7-20(18)27(16)14-17-5-4-8-24(28)26-13-17/h2-4,6-8,11-13H,1,5,9-10,14-15H2,(H,26,28). The van der Waals surface area contributed by atoms with Crippen LogP contribution in [0.4, 0.5) is 5.69 Å². The van der Waals surface area contributed by atoms with Crippen molar-refractivity contribution in [3.8, 4) is 17.2 Å². The molecule has 31 heavy (non-hydrogen) atoms. The molecule has 1 N–H and O–H groups in total. The van der Waals surface area contributed by atoms with Crippen LogP contribution in [0.1, 0.15) is 17.5 Å². The number of nitrogens with one attached hydrogen (secondary N) is 1. The molecule has 4 heterocycles. The van der Waals surface area contributed by atoms with Gasteiger partial charge < -0.3 is 24.4 Å². The summed E-state index contributed by atoms with van der Waals surface area (Å²) in [6.45, 7) is 6.74. The third kappa shape index (κ3) is 2.61. The summed E-state index contributed by atoms with van der Waals surface area (Å²) in [5.41, 5.74) is 4.93. The Hall–Kier alpha value is -3.67. The first-order chi connectivity index (χ1) is 15.2. The molecule has 0 radical (unpaired) electrons. The summed E-state index contributed by atoms with van der Waals surface area (Å²) in [5, 5.41) is 2.82. The molecule has 4 aliphatic rings. The molecule has 1 amide bonds. The summed E-state index contributed by atoms with van der Waals surface area (Å²) in [4.78, 5) is 13.9. The largest absolute Gasteiger partial charge is 0.491 e. The number of allylic oxidation sites excluding steroid dienone is 1. The Balaban J connectivity index is 1.45. The van der Waals surface area contributed by atoms with E-state index in [1.165, 1.54) is 5.56 Å². The van der Waals surface area contributed by atoms with Crippen molar-refractivity contribution in [3.63, 3.8) is 0 Å². The van der Waals surface area contributed by atoms with Crippen LogP contribution in [0.3, 0.4) is 0 Å². The first-order valence-corrected chi connectivity index (χ1v) is 10.4. The second kappa shape index (κ2) is 6.67. The van der Waals surface area contributed by atoms with Crippen LogP contribution in [0.25, 0.3) is 0 Å². The maximum Gasteiger partial charge on any atom is 0.247 e. The van der Waals surface area contributed by atoms with E-state index in [1.807, 2.05) is 24.4 Å². The van der Waals surface area contributed by atoms with E-state index in [-0.39, 0.29) is 5.91 Å². The van der Waals surface area contributed by atoms with Gasteiger partial charge in [0.1, 0.15) is 25.6 Å². The Morgan fingerprint density at radius 1 is 1.03 bits per heavy atom. The van der Waals surface area contributed by atoms with Crippen LogP contribution >= 0.6 is 0 Å². The van der Waals surface area contributed by atoms with Crippen LogP contribution in [0, 0.1) is 0 Å². The lowest BCUT2D eigenvalue weighted by Gasteiger charge is -2.29. The maximum absolute atomic E-state index is 11.7. The highest BCUT2D eigenvalue weighted by molar-refractivity contribution is 5.88. The van der Waals surface area contributed by atoms with Crippen molar-refractivity contribution in [2.45, 2.75) is 11.8 Å². The number of carbonyl (C=O) groups is 1. The molecule has 6 heteroatoms. The minimum Gasteiger partial charge on any atom is -0.491 e. The van der Waals surface area contributed by atoms with Crippen LogP contribution in [-0.2, 0) is 10.2 Å². The predicted molar refractivity (Wildman–Crippen MR) is 117 cm³/mol. The molecule has 156 valence electrons. The quantitative estimate of drug-likeness (QED) is 0.816. The van der Waals surface area contributed by atoms with Gasteiger partial charge in [-0.1, -0.05) is 30.9 Å². The highest BCUT2D eigenvalue weighted by atomic mass is 16.6. The number of carbonyl (C=O) groups excluding carboxylic acids is 1. The Labute approximate surface area is 180 Å². The first-order valence-electron chi connectivity index (χ1n) is 10.4. The highest BCUT2D eigenvalue weighted by Crippen LogP contribution is 2.58. The van der Waals surface area contributed by atoms with Gasteiger partial charge in [-0.3, -0.25) is 4.79 Å². The Morgan fingerprint density at radius 2 is 1.84 bits per heavy atom. The Morgan fingerprint density at radius 3 is 2.71 bits per heavy atom. The van der Waals surface area contributed by atoms with E-state index in [2.05, 4.69) is 41.1 Å². The number of nitrogens with zero attached hydrogens (tertiary/aromatic N) is 1. The molecule has 1 unspecified atom stereocenters. The van der Waals surface area contributed by atoms with E-state index < -0.39 is 5.41 Å². The summed E-state index contributed by atoms with van der Waals surface area (Å²) in [7, 11) is 0. The van der Waals surface area contributed by atoms with Crippen LogP contribution in [0.5, 0.6) is 17.2 Å². The molecule has 2 aromatic carbocycles. The molecule has 0 aromatic heterocycles. The number of amides is 1. The monoisotopic (exact) mass is 414 g/mol. The van der Waals surface area contributed by atoms with Crippen LogP contribution < -0.4 is 24.4 Å². The Bertz CT molecular complexity index is 1180. The normalized spacial score (nSPS) is 23.1. The zero-order valence-corrected chi connectivity index (χ0v) is 17.0. The number of hydrogen-bond donors (Lipinski definition) is 1. The molecule has 6 rings (SSSR count). The molecule has 0 bridgehead atoms. The molecule has 0 saturated heterocycles. The van der Waals surface area contributed by atoms with Gasteiger partial charge in [-0.25, -0.2) is 0 Å². The van der Waals surface area contributed by atoms with E-state index in [0.717, 1.165) is 39.8 Å². The maximum atomic E-state index is 11.7. The van der Waals surface area contributed by atoms with E-state index >= 15 is 0 Å². The molecule has 6 nitrogen and oxygen atoms in total. The number of ether oxygens (including phenoxy) is 3. The van der Waals surface area contributed by atoms with Gasteiger partial charge in [0.25, 0.3) is 0 Å². The van der Waals surface area contributed by atoms with Gasteiger partial charge in [0.2, 0.25) is 5.91 Å². The van der Waals surface area contributed by atoms with Gasteiger partial charge in [0.05, 0.1) is 5.41 Å². The first kappa shape index (κ1) is 18.1. The van der Waals surface area contributed by atoms with Crippen molar-refractivity contribution < 1.29 is 19.0 Å². The van der Waals surface area contributed by atoms with Crippen molar-refractivity contribution in [1.29, 1.82) is 0 Å². The fraction of sp³-hybridized carbons (Fsp3) is 0.240. The molecule has 4 aliphatic heterocycles. The summed E-state index contributed by atoms with van der Waals surface area (Å²) in [6, 6.07) is 12.4. The SMILES string of the molecule is C=C1N(CC2=CNC(=O)C=CC2)c2ccccc2C12COc1cc3c(cc12)OCCO3. The number of anilines is 1. The zero-order chi connectivity index (χ0) is 21.0. The van der Waals surface area contributed by atoms with Crippen LogP contribution in [-0.4, -0.2) is 32.3 Å². The topological polar surface area (TPSA) is 60.0 Å². The number of fused-ring (bicyclic) bond motifs is 5. The number of rotatable bonds is 2. The number of para-hydroxylation sites is 1. The summed E-state index contributed by atoms with van der Waals surface area (Å²) in [6.07, 6.45) is 5.99. The zero-order valence-electron chi connectivity index (χ0n) is 17.0. The van der Waals surface area contributed by atoms with Gasteiger partial charge in [-0.2, -0.15) is 0 Å². The second-order valence-corrected chi connectivity index (χ2v) is 8.15. The molecule has 1 spiro atoms. The summed E-state index contributed by atoms with van der Waals surface area (Å²) in [5.74, 6) is 2.18. The van der Waals surface area contributed by atoms with Crippen molar-refractivity contribution in [1.82, 2.24) is 5.32 Å². The van der Waals surface area contributed by atoms with Gasteiger partial charge in [-0.15, -0.1) is 0 Å². The molecule has 0 saturated carbocycles. The molecular weight excluding hydrogens is 392 g/mol. The second-order valence-electron chi connectivity index (χ2n) is 8.15. The van der Waals surface area contributed by atoms with Gasteiger partial charge in [0, 0.05) is 35.8 Å². The Kier molecular flexibility index (Phi) is 3.90. The molecule has 2 aromatic rings. The predicted octanol–water partition coefficient (Wildman–Crippen LogP) is 3.43. The number of benzene rings is 2. The lowest BCUT2D eigenvalue weighted by molar-refractivity contribution is -0.115. The van der Waals surface area contributed by atoms with Crippen molar-refractivity contribution >= 4 is 11.6 Å². The highest BCUT2D eigenvalue weighted by Gasteiger charge is 2.53. The minimum atomic E-state index is -0.480. The van der Waals surface area contributed by atoms with Crippen LogP contribution in [0.15, 0.2) is 72.6 Å². The van der Waals surface area contributed by atoms with E-state index in [4.69, 9.17) is 14.2 Å². The van der Waals surface area contributed by atoms with E-state index in [9.17, 15) is 4.79 Å². The lowest BCUT2D eigenvalue weighted by Crippen LogP contribution is -2.34. The van der Waals surface area contributed by atoms with Gasteiger partial charge in [-0.05, 0) is 35.8 Å². The van der Waals surface area contributed by atoms with Crippen molar-refractivity contribution in [3.05, 3.63) is 83.7 Å². The van der Waals surface area contributed by atoms with E-state index in [1.54, 1.807) is 6.08 Å². The number of hydrogen-bond acceptors (Lipinski definition) is 5. The molecular formula is C25H22N2O4. The minimum absolute atomic E-state index is 0.0998. The fourth-order valence-electron chi connectivity index (χ4n) is 4.94. The molecule has 0 aliphatic carbocycles. The summed E-state index contributed by atoms with van der Waals surface area (Å²) < 4.78 is 17.8. The molecule has 0 fully saturated rings. The average molecular weight is 414 g/mol. The fourth-order valence-corrected chi connectivity index (χ4v) is 4.94. The lowest BCUT2D eigenvalue weighted by atomic mass is 9.75. The third-order valence-electron chi connectivity index (χ3n) is 6.45. The smallest absolute Gasteiger partial charge is 0.247 e. The van der Waals surface area contributed by atoms with Gasteiger partial charge in [0.15, 0.2) is 11.5 Å². The average Bonchev–Trinajstić information content (AvgIpc) is 3.18.